The van der Waals surface area contributed by atoms with Crippen LogP contribution in [0, 0.1) is 0 Å². The van der Waals surface area contributed by atoms with Crippen molar-refractivity contribution in [2.24, 2.45) is 0 Å². The zero-order valence-corrected chi connectivity index (χ0v) is 10.8. The van der Waals surface area contributed by atoms with Crippen LogP contribution in [0.3, 0.4) is 0 Å². The molecule has 18 heavy (non-hydrogen) atoms. The normalized spacial score (nSPS) is 11.6. The van der Waals surface area contributed by atoms with Crippen LogP contribution in [0.5, 0.6) is 11.5 Å². The molecular weight excluding hydrogens is 259 g/mol. The maximum absolute atomic E-state index is 10.8. The van der Waals surface area contributed by atoms with Gasteiger partial charge in [0.15, 0.2) is 17.3 Å². The monoisotopic (exact) mass is 272 g/mol. The molecule has 1 aromatic rings. The van der Waals surface area contributed by atoms with Gasteiger partial charge in [-0.1, -0.05) is 12.1 Å². The van der Waals surface area contributed by atoms with Gasteiger partial charge in [-0.2, -0.15) is 0 Å². The van der Waals surface area contributed by atoms with E-state index in [4.69, 9.17) is 14.5 Å². The van der Waals surface area contributed by atoms with Crippen LogP contribution < -0.4 is 9.26 Å². The first-order valence-electron chi connectivity index (χ1n) is 4.93. The molecule has 7 heteroatoms. The van der Waals surface area contributed by atoms with Gasteiger partial charge in [0, 0.05) is 0 Å². The Morgan fingerprint density at radius 2 is 2.00 bits per heavy atom. The molecule has 0 aliphatic carbocycles. The summed E-state index contributed by atoms with van der Waals surface area (Å²) in [5, 5.41) is 0. The molecule has 0 saturated carbocycles. The van der Waals surface area contributed by atoms with Crippen LogP contribution in [-0.2, 0) is 9.36 Å². The quantitative estimate of drug-likeness (QED) is 0.626. The molecule has 0 bridgehead atoms. The third-order valence-corrected chi connectivity index (χ3v) is 2.35. The van der Waals surface area contributed by atoms with Gasteiger partial charge in [0.05, 0.1) is 7.11 Å². The molecule has 0 radical (unpaired) electrons. The van der Waals surface area contributed by atoms with Gasteiger partial charge in [-0.3, -0.25) is 14.6 Å². The molecule has 0 aliphatic rings. The number of hydrogen-bond acceptors (Lipinski definition) is 4. The maximum Gasteiger partial charge on any atom is 0.524 e. The number of carbonyl (C=O) groups excluding carboxylic acids is 1. The highest BCUT2D eigenvalue weighted by Crippen LogP contribution is 2.42. The molecule has 0 aliphatic heterocycles. The fraction of sp³-hybridized carbons (Fsp3) is 0.182. The van der Waals surface area contributed by atoms with Crippen LogP contribution in [0.25, 0.3) is 6.08 Å². The van der Waals surface area contributed by atoms with Crippen molar-refractivity contribution in [3.05, 3.63) is 29.8 Å². The number of allylic oxidation sites excluding steroid dienone is 1. The highest BCUT2D eigenvalue weighted by molar-refractivity contribution is 7.46. The van der Waals surface area contributed by atoms with Gasteiger partial charge in [-0.05, 0) is 30.7 Å². The molecule has 1 aromatic carbocycles. The van der Waals surface area contributed by atoms with Gasteiger partial charge in [0.25, 0.3) is 0 Å². The Bertz CT molecular complexity index is 516. The summed E-state index contributed by atoms with van der Waals surface area (Å²) >= 11 is 0. The lowest BCUT2D eigenvalue weighted by atomic mass is 10.2. The van der Waals surface area contributed by atoms with Crippen molar-refractivity contribution < 1.29 is 28.4 Å². The van der Waals surface area contributed by atoms with E-state index in [2.05, 4.69) is 4.52 Å². The van der Waals surface area contributed by atoms with E-state index in [1.54, 1.807) is 12.1 Å². The minimum absolute atomic E-state index is 0.0641. The van der Waals surface area contributed by atoms with Crippen LogP contribution in [0.4, 0.5) is 0 Å². The number of phosphoric ester groups is 1. The molecular formula is C11H13O6P. The Morgan fingerprint density at radius 1 is 1.33 bits per heavy atom. The summed E-state index contributed by atoms with van der Waals surface area (Å²) < 4.78 is 20.1. The third-order valence-electron chi connectivity index (χ3n) is 1.92. The molecule has 0 aromatic heterocycles. The van der Waals surface area contributed by atoms with Gasteiger partial charge in [0.1, 0.15) is 0 Å². The largest absolute Gasteiger partial charge is 0.524 e. The van der Waals surface area contributed by atoms with E-state index in [1.165, 1.54) is 32.2 Å². The summed E-state index contributed by atoms with van der Waals surface area (Å²) in [5.41, 5.74) is 0.653. The van der Waals surface area contributed by atoms with Gasteiger partial charge < -0.3 is 9.26 Å². The number of ketones is 1. The van der Waals surface area contributed by atoms with E-state index in [-0.39, 0.29) is 17.3 Å². The fourth-order valence-corrected chi connectivity index (χ4v) is 1.61. The number of phosphoric acid groups is 1. The average Bonchev–Trinajstić information content (AvgIpc) is 2.25. The summed E-state index contributed by atoms with van der Waals surface area (Å²) in [5.74, 6) is -0.000605. The molecule has 98 valence electrons. The van der Waals surface area contributed by atoms with Crippen molar-refractivity contribution in [3.8, 4) is 11.5 Å². The van der Waals surface area contributed by atoms with E-state index in [9.17, 15) is 9.36 Å². The summed E-state index contributed by atoms with van der Waals surface area (Å²) in [6.07, 6.45) is 2.93. The Hall–Kier alpha value is -1.62. The lowest BCUT2D eigenvalue weighted by molar-refractivity contribution is -0.112. The van der Waals surface area contributed by atoms with Crippen molar-refractivity contribution in [2.45, 2.75) is 6.92 Å². The van der Waals surface area contributed by atoms with Gasteiger partial charge in [-0.15, -0.1) is 0 Å². The van der Waals surface area contributed by atoms with Crippen LogP contribution in [-0.4, -0.2) is 22.7 Å². The molecule has 0 fully saturated rings. The number of rotatable bonds is 5. The molecule has 0 spiro atoms. The molecule has 0 heterocycles. The summed E-state index contributed by atoms with van der Waals surface area (Å²) in [6, 6.07) is 4.41. The average molecular weight is 272 g/mol. The minimum Gasteiger partial charge on any atom is -0.493 e. The lowest BCUT2D eigenvalue weighted by Gasteiger charge is -2.11. The van der Waals surface area contributed by atoms with Crippen molar-refractivity contribution in [3.63, 3.8) is 0 Å². The zero-order chi connectivity index (χ0) is 13.8. The Balaban J connectivity index is 3.04. The van der Waals surface area contributed by atoms with E-state index < -0.39 is 7.82 Å². The fourth-order valence-electron chi connectivity index (χ4n) is 1.20. The number of hydrogen-bond donors (Lipinski definition) is 2. The summed E-state index contributed by atoms with van der Waals surface area (Å²) in [7, 11) is -3.28. The molecule has 0 unspecified atom stereocenters. The van der Waals surface area contributed by atoms with E-state index in [1.807, 2.05) is 0 Å². The Morgan fingerprint density at radius 3 is 2.50 bits per heavy atom. The standard InChI is InChI=1S/C11H13O6P/c1-8(12)3-4-9-5-6-10(11(7-9)16-2)17-18(13,14)15/h3-7H,1-2H3,(H2,13,14,15)/b4-3+. The second-order valence-corrected chi connectivity index (χ2v) is 4.60. The molecule has 0 amide bonds. The molecule has 0 saturated heterocycles. The van der Waals surface area contributed by atoms with Crippen LogP contribution in [0.15, 0.2) is 24.3 Å². The smallest absolute Gasteiger partial charge is 0.493 e. The van der Waals surface area contributed by atoms with E-state index in [0.29, 0.717) is 5.56 Å². The van der Waals surface area contributed by atoms with E-state index in [0.717, 1.165) is 0 Å². The maximum atomic E-state index is 10.8. The first-order chi connectivity index (χ1) is 8.31. The number of ether oxygens (including phenoxy) is 1. The molecule has 6 nitrogen and oxygen atoms in total. The SMILES string of the molecule is COc1cc(/C=C/C(C)=O)ccc1OP(=O)(O)O. The lowest BCUT2D eigenvalue weighted by Crippen LogP contribution is -1.94. The third kappa shape index (κ3) is 4.71. The Kier molecular flexibility index (Phi) is 4.67. The van der Waals surface area contributed by atoms with Gasteiger partial charge in [-0.25, -0.2) is 4.57 Å². The van der Waals surface area contributed by atoms with Crippen LogP contribution in [0.2, 0.25) is 0 Å². The molecule has 1 rings (SSSR count). The predicted molar refractivity (Wildman–Crippen MR) is 65.4 cm³/mol. The molecule has 0 atom stereocenters. The summed E-state index contributed by atoms with van der Waals surface area (Å²) in [4.78, 5) is 28.2. The minimum atomic E-state index is -4.63. The Labute approximate surface area is 104 Å². The zero-order valence-electron chi connectivity index (χ0n) is 9.86. The van der Waals surface area contributed by atoms with Crippen molar-refractivity contribution >= 4 is 19.7 Å². The highest BCUT2D eigenvalue weighted by atomic mass is 31.2. The van der Waals surface area contributed by atoms with Crippen molar-refractivity contribution in [1.82, 2.24) is 0 Å². The van der Waals surface area contributed by atoms with Gasteiger partial charge >= 0.3 is 7.82 Å². The number of benzene rings is 1. The van der Waals surface area contributed by atoms with Crippen molar-refractivity contribution in [2.75, 3.05) is 7.11 Å². The van der Waals surface area contributed by atoms with Crippen LogP contribution >= 0.6 is 7.82 Å². The first-order valence-corrected chi connectivity index (χ1v) is 6.46. The van der Waals surface area contributed by atoms with Crippen molar-refractivity contribution in [1.29, 1.82) is 0 Å². The number of methoxy groups -OCH3 is 1. The van der Waals surface area contributed by atoms with Gasteiger partial charge in [0.2, 0.25) is 0 Å². The number of carbonyl (C=O) groups is 1. The summed E-state index contributed by atoms with van der Waals surface area (Å²) in [6.45, 7) is 1.42. The predicted octanol–water partition coefficient (Wildman–Crippen LogP) is 1.77. The van der Waals surface area contributed by atoms with Crippen LogP contribution in [0.1, 0.15) is 12.5 Å². The second-order valence-electron chi connectivity index (χ2n) is 3.44. The first kappa shape index (κ1) is 14.4. The highest BCUT2D eigenvalue weighted by Gasteiger charge is 2.18. The molecule has 2 N–H and O–H groups in total. The topological polar surface area (TPSA) is 93.1 Å². The van der Waals surface area contributed by atoms with E-state index >= 15 is 0 Å². The second kappa shape index (κ2) is 5.82.